The molecule has 0 radical (unpaired) electrons. The second-order valence-corrected chi connectivity index (χ2v) is 7.13. The van der Waals surface area contributed by atoms with Crippen LogP contribution in [-0.4, -0.2) is 29.0 Å². The Hall–Kier alpha value is -1.73. The van der Waals surface area contributed by atoms with Crippen LogP contribution in [0, 0.1) is 12.7 Å². The molecule has 21 heavy (non-hydrogen) atoms. The second kappa shape index (κ2) is 5.23. The van der Waals surface area contributed by atoms with Crippen molar-refractivity contribution in [3.63, 3.8) is 0 Å². The minimum absolute atomic E-state index is 0.00688. The number of nitrogens with one attached hydrogen (secondary N) is 1. The molecule has 0 amide bonds. The molecule has 0 bridgehead atoms. The Morgan fingerprint density at radius 3 is 2.76 bits per heavy atom. The highest BCUT2D eigenvalue weighted by Crippen LogP contribution is 2.34. The van der Waals surface area contributed by atoms with Gasteiger partial charge in [0.05, 0.1) is 11.9 Å². The largest absolute Gasteiger partial charge is 0.281 e. The summed E-state index contributed by atoms with van der Waals surface area (Å²) in [6, 6.07) is 6.03. The number of aromatic nitrogens is 2. The minimum Gasteiger partial charge on any atom is -0.281 e. The van der Waals surface area contributed by atoms with Gasteiger partial charge in [0.2, 0.25) is 10.0 Å². The van der Waals surface area contributed by atoms with E-state index in [2.05, 4.69) is 10.2 Å². The maximum Gasteiger partial charge on any atom is 0.247 e. The average Bonchev–Trinajstić information content (AvgIpc) is 3.17. The predicted octanol–water partition coefficient (Wildman–Crippen LogP) is 2.21. The van der Waals surface area contributed by atoms with Crippen LogP contribution < -0.4 is 0 Å². The number of hydrogen-bond acceptors (Lipinski definition) is 3. The molecule has 1 aromatic carbocycles. The van der Waals surface area contributed by atoms with Crippen LogP contribution in [0.25, 0.3) is 0 Å². The van der Waals surface area contributed by atoms with E-state index in [4.69, 9.17) is 0 Å². The summed E-state index contributed by atoms with van der Waals surface area (Å²) in [6.07, 6.45) is 3.00. The molecule has 112 valence electrons. The molecule has 2 aromatic rings. The van der Waals surface area contributed by atoms with Crippen molar-refractivity contribution in [2.24, 2.45) is 0 Å². The van der Waals surface area contributed by atoms with Gasteiger partial charge in [-0.05, 0) is 37.5 Å². The normalized spacial score (nSPS) is 15.6. The summed E-state index contributed by atoms with van der Waals surface area (Å²) in [5, 5.41) is 6.43. The lowest BCUT2D eigenvalue weighted by atomic mass is 10.2. The van der Waals surface area contributed by atoms with Crippen LogP contribution in [0.15, 0.2) is 35.4 Å². The number of H-pyrrole nitrogens is 1. The zero-order valence-electron chi connectivity index (χ0n) is 11.6. The Balaban J connectivity index is 1.94. The Labute approximate surface area is 122 Å². The van der Waals surface area contributed by atoms with Gasteiger partial charge in [0, 0.05) is 12.6 Å². The summed E-state index contributed by atoms with van der Waals surface area (Å²) in [5.74, 6) is -0.361. The smallest absolute Gasteiger partial charge is 0.247 e. The summed E-state index contributed by atoms with van der Waals surface area (Å²) in [6.45, 7) is 1.85. The first-order valence-electron chi connectivity index (χ1n) is 6.75. The summed E-state index contributed by atoms with van der Waals surface area (Å²) in [5.41, 5.74) is 1.16. The molecule has 7 heteroatoms. The topological polar surface area (TPSA) is 66.1 Å². The summed E-state index contributed by atoms with van der Waals surface area (Å²) >= 11 is 0. The number of benzene rings is 1. The van der Waals surface area contributed by atoms with Gasteiger partial charge in [0.1, 0.15) is 10.7 Å². The highest BCUT2D eigenvalue weighted by Gasteiger charge is 2.39. The Morgan fingerprint density at radius 2 is 2.19 bits per heavy atom. The van der Waals surface area contributed by atoms with Crippen molar-refractivity contribution in [1.29, 1.82) is 0 Å². The molecule has 1 heterocycles. The van der Waals surface area contributed by atoms with E-state index in [1.165, 1.54) is 22.6 Å². The Morgan fingerprint density at radius 1 is 1.43 bits per heavy atom. The number of aryl methyl sites for hydroxylation is 1. The van der Waals surface area contributed by atoms with Gasteiger partial charge in [-0.25, -0.2) is 12.8 Å². The van der Waals surface area contributed by atoms with E-state index in [0.717, 1.165) is 12.8 Å². The lowest BCUT2D eigenvalue weighted by Crippen LogP contribution is -2.32. The third kappa shape index (κ3) is 2.84. The molecule has 1 aliphatic rings. The van der Waals surface area contributed by atoms with E-state index >= 15 is 0 Å². The van der Waals surface area contributed by atoms with Crippen LogP contribution in [0.1, 0.15) is 24.1 Å². The van der Waals surface area contributed by atoms with Gasteiger partial charge in [-0.15, -0.1) is 0 Å². The van der Waals surface area contributed by atoms with Crippen LogP contribution in [0.2, 0.25) is 0 Å². The zero-order valence-corrected chi connectivity index (χ0v) is 12.4. The van der Waals surface area contributed by atoms with Crippen molar-refractivity contribution >= 4 is 10.0 Å². The van der Waals surface area contributed by atoms with Gasteiger partial charge in [0.15, 0.2) is 0 Å². The third-order valence-corrected chi connectivity index (χ3v) is 5.56. The Kier molecular flexibility index (Phi) is 3.54. The maximum absolute atomic E-state index is 13.3. The predicted molar refractivity (Wildman–Crippen MR) is 75.5 cm³/mol. The molecular weight excluding hydrogens is 293 g/mol. The molecule has 1 saturated carbocycles. The number of sulfonamides is 1. The molecular formula is C14H16FN3O2S. The van der Waals surface area contributed by atoms with Gasteiger partial charge < -0.3 is 0 Å². The van der Waals surface area contributed by atoms with Gasteiger partial charge in [-0.3, -0.25) is 5.10 Å². The molecule has 5 nitrogen and oxygen atoms in total. The molecule has 1 N–H and O–H groups in total. The lowest BCUT2D eigenvalue weighted by molar-refractivity contribution is 0.397. The van der Waals surface area contributed by atoms with Crippen LogP contribution in [0.5, 0.6) is 0 Å². The lowest BCUT2D eigenvalue weighted by Gasteiger charge is -2.21. The van der Waals surface area contributed by atoms with E-state index in [9.17, 15) is 12.8 Å². The fourth-order valence-corrected chi connectivity index (χ4v) is 4.11. The van der Waals surface area contributed by atoms with E-state index in [1.54, 1.807) is 19.1 Å². The second-order valence-electron chi connectivity index (χ2n) is 5.27. The van der Waals surface area contributed by atoms with Crippen molar-refractivity contribution in [3.8, 4) is 0 Å². The van der Waals surface area contributed by atoms with Crippen LogP contribution in [0.3, 0.4) is 0 Å². The molecule has 1 aromatic heterocycles. The SMILES string of the molecule is Cc1[nH]ncc1S(=O)(=O)N(Cc1cccc(F)c1)C1CC1. The molecule has 0 spiro atoms. The van der Waals surface area contributed by atoms with E-state index < -0.39 is 10.0 Å². The first kappa shape index (κ1) is 14.2. The van der Waals surface area contributed by atoms with E-state index in [0.29, 0.717) is 11.3 Å². The number of hydrogen-bond donors (Lipinski definition) is 1. The molecule has 1 fully saturated rings. The first-order valence-corrected chi connectivity index (χ1v) is 8.19. The quantitative estimate of drug-likeness (QED) is 0.921. The molecule has 0 saturated heterocycles. The Bertz CT molecular complexity index is 753. The molecule has 0 atom stereocenters. The summed E-state index contributed by atoms with van der Waals surface area (Å²) < 4.78 is 40.2. The van der Waals surface area contributed by atoms with E-state index in [1.807, 2.05) is 0 Å². The zero-order chi connectivity index (χ0) is 15.0. The maximum atomic E-state index is 13.3. The van der Waals surface area contributed by atoms with Gasteiger partial charge in [0.25, 0.3) is 0 Å². The van der Waals surface area contributed by atoms with Crippen LogP contribution in [0.4, 0.5) is 4.39 Å². The monoisotopic (exact) mass is 309 g/mol. The van der Waals surface area contributed by atoms with Crippen molar-refractivity contribution in [2.45, 2.75) is 37.2 Å². The van der Waals surface area contributed by atoms with E-state index in [-0.39, 0.29) is 23.3 Å². The number of halogens is 1. The third-order valence-electron chi connectivity index (χ3n) is 3.55. The summed E-state index contributed by atoms with van der Waals surface area (Å²) in [4.78, 5) is 0.186. The fraction of sp³-hybridized carbons (Fsp3) is 0.357. The number of rotatable bonds is 5. The molecule has 0 aliphatic heterocycles. The highest BCUT2D eigenvalue weighted by molar-refractivity contribution is 7.89. The van der Waals surface area contributed by atoms with Crippen molar-refractivity contribution in [3.05, 3.63) is 47.5 Å². The van der Waals surface area contributed by atoms with Gasteiger partial charge in [-0.2, -0.15) is 9.40 Å². The van der Waals surface area contributed by atoms with Gasteiger partial charge >= 0.3 is 0 Å². The number of nitrogens with zero attached hydrogens (tertiary/aromatic N) is 2. The highest BCUT2D eigenvalue weighted by atomic mass is 32.2. The summed E-state index contributed by atoms with van der Waals surface area (Å²) in [7, 11) is -3.62. The van der Waals surface area contributed by atoms with Crippen molar-refractivity contribution in [2.75, 3.05) is 0 Å². The molecule has 3 rings (SSSR count). The molecule has 1 aliphatic carbocycles. The number of aromatic amines is 1. The minimum atomic E-state index is -3.62. The fourth-order valence-electron chi connectivity index (χ4n) is 2.31. The van der Waals surface area contributed by atoms with Crippen LogP contribution in [-0.2, 0) is 16.6 Å². The molecule has 0 unspecified atom stereocenters. The average molecular weight is 309 g/mol. The standard InChI is InChI=1S/C14H16FN3O2S/c1-10-14(8-16-17-10)21(19,20)18(13-5-6-13)9-11-3-2-4-12(15)7-11/h2-4,7-8,13H,5-6,9H2,1H3,(H,16,17). The first-order chi connectivity index (χ1) is 9.98. The van der Waals surface area contributed by atoms with Gasteiger partial charge in [-0.1, -0.05) is 12.1 Å². The van der Waals surface area contributed by atoms with Crippen molar-refractivity contribution in [1.82, 2.24) is 14.5 Å². The van der Waals surface area contributed by atoms with Crippen molar-refractivity contribution < 1.29 is 12.8 Å². The van der Waals surface area contributed by atoms with Crippen LogP contribution >= 0.6 is 0 Å².